The smallest absolute Gasteiger partial charge is 0.250 e. The summed E-state index contributed by atoms with van der Waals surface area (Å²) >= 11 is 0. The Morgan fingerprint density at radius 2 is 2.00 bits per heavy atom. The molecule has 7 rings (SSSR count). The highest BCUT2D eigenvalue weighted by atomic mass is 19.1. The Kier molecular flexibility index (Phi) is 6.71. The molecule has 0 N–H and O–H groups in total. The second-order valence-corrected chi connectivity index (χ2v) is 10.3. The second-order valence-electron chi connectivity index (χ2n) is 10.3. The summed E-state index contributed by atoms with van der Waals surface area (Å²) in [4.78, 5) is 13.6. The normalized spacial score (nSPS) is 19.0. The summed E-state index contributed by atoms with van der Waals surface area (Å²) < 4.78 is 26.6. The molecule has 0 aliphatic carbocycles. The van der Waals surface area contributed by atoms with Gasteiger partial charge in [-0.15, -0.1) is 12.3 Å². The van der Waals surface area contributed by atoms with Crippen molar-refractivity contribution in [3.8, 4) is 41.2 Å². The van der Waals surface area contributed by atoms with Crippen molar-refractivity contribution in [2.75, 3.05) is 31.7 Å². The molecule has 3 fully saturated rings. The summed E-state index contributed by atoms with van der Waals surface area (Å²) in [6, 6.07) is 10.4. The average molecular weight is 538 g/mol. The minimum absolute atomic E-state index is 0.0174. The summed E-state index contributed by atoms with van der Waals surface area (Å²) in [7, 11) is 1.41. The zero-order valence-electron chi connectivity index (χ0n) is 22.3. The van der Waals surface area contributed by atoms with Crippen molar-refractivity contribution in [1.29, 1.82) is 5.26 Å². The maximum atomic E-state index is 14.1. The highest BCUT2D eigenvalue weighted by molar-refractivity contribution is 5.85. The van der Waals surface area contributed by atoms with E-state index < -0.39 is 5.82 Å². The SMILES string of the molecule is C#CC(C)COc1cc(-c2ccc(N3CC4CC(C3)N4Cc3cnc(OC)c(F)c3)nc2)c2c(C#N)cnn2c1. The molecule has 9 nitrogen and oxygen atoms in total. The van der Waals surface area contributed by atoms with E-state index in [-0.39, 0.29) is 11.8 Å². The third kappa shape index (κ3) is 4.67. The van der Waals surface area contributed by atoms with Gasteiger partial charge in [-0.1, -0.05) is 0 Å². The number of fused-ring (bicyclic) bond motifs is 3. The largest absolute Gasteiger partial charge is 0.491 e. The van der Waals surface area contributed by atoms with Crippen LogP contribution in [0.1, 0.15) is 24.5 Å². The molecule has 3 atom stereocenters. The number of anilines is 1. The van der Waals surface area contributed by atoms with Crippen LogP contribution in [0.5, 0.6) is 11.6 Å². The van der Waals surface area contributed by atoms with Gasteiger partial charge in [-0.25, -0.2) is 18.9 Å². The Balaban J connectivity index is 1.19. The van der Waals surface area contributed by atoms with Crippen LogP contribution in [0.2, 0.25) is 0 Å². The van der Waals surface area contributed by atoms with Gasteiger partial charge in [-0.3, -0.25) is 4.90 Å². The molecule has 0 amide bonds. The summed E-state index contributed by atoms with van der Waals surface area (Å²) in [6.07, 6.45) is 13.4. The van der Waals surface area contributed by atoms with E-state index in [4.69, 9.17) is 20.9 Å². The van der Waals surface area contributed by atoms with Crippen molar-refractivity contribution in [2.45, 2.75) is 32.0 Å². The lowest BCUT2D eigenvalue weighted by Gasteiger charge is -2.56. The molecule has 202 valence electrons. The van der Waals surface area contributed by atoms with Crippen LogP contribution in [0.25, 0.3) is 16.6 Å². The standard InChI is InChI=1S/C30H28FN7O2/c1-4-19(2)18-40-25-9-26(29-22(10-32)13-35-38(29)17-25)21-5-6-28(33-12-21)36-15-23-8-24(16-36)37(23)14-20-7-27(31)30(39-3)34-11-20/h1,5-7,9,11-13,17,19,23-24H,8,14-16,18H2,2-3H3. The van der Waals surface area contributed by atoms with E-state index in [2.05, 4.69) is 31.9 Å². The number of pyridine rings is 3. The van der Waals surface area contributed by atoms with Gasteiger partial charge in [0.25, 0.3) is 0 Å². The maximum absolute atomic E-state index is 14.1. The lowest BCUT2D eigenvalue weighted by atomic mass is 9.87. The minimum Gasteiger partial charge on any atom is -0.491 e. The van der Waals surface area contributed by atoms with E-state index in [9.17, 15) is 9.65 Å². The quantitative estimate of drug-likeness (QED) is 0.313. The molecule has 40 heavy (non-hydrogen) atoms. The van der Waals surface area contributed by atoms with Crippen molar-refractivity contribution in [1.82, 2.24) is 24.5 Å². The van der Waals surface area contributed by atoms with Crippen LogP contribution in [0.4, 0.5) is 10.2 Å². The molecule has 10 heteroatoms. The van der Waals surface area contributed by atoms with Gasteiger partial charge in [-0.05, 0) is 43.2 Å². The van der Waals surface area contributed by atoms with Gasteiger partial charge in [-0.2, -0.15) is 10.4 Å². The minimum atomic E-state index is -0.439. The lowest BCUT2D eigenvalue weighted by molar-refractivity contribution is -0.00884. The predicted octanol–water partition coefficient (Wildman–Crippen LogP) is 3.92. The first kappa shape index (κ1) is 25.6. The number of aromatic nitrogens is 4. The molecule has 0 aromatic carbocycles. The number of nitriles is 1. The maximum Gasteiger partial charge on any atom is 0.250 e. The number of methoxy groups -OCH3 is 1. The number of hydrogen-bond donors (Lipinski definition) is 0. The molecule has 2 bridgehead atoms. The number of nitrogens with zero attached hydrogens (tertiary/aromatic N) is 7. The van der Waals surface area contributed by atoms with Crippen LogP contribution in [-0.4, -0.2) is 63.4 Å². The van der Waals surface area contributed by atoms with E-state index in [0.717, 1.165) is 42.0 Å². The third-order valence-electron chi connectivity index (χ3n) is 7.64. The molecule has 3 aliphatic rings. The number of piperidine rings is 1. The fraction of sp³-hybridized carbons (Fsp3) is 0.333. The topological polar surface area (TPSA) is 91.8 Å². The van der Waals surface area contributed by atoms with E-state index in [0.29, 0.717) is 42.1 Å². The Morgan fingerprint density at radius 3 is 2.67 bits per heavy atom. The van der Waals surface area contributed by atoms with Gasteiger partial charge in [0, 0.05) is 55.2 Å². The summed E-state index contributed by atoms with van der Waals surface area (Å²) in [5.74, 6) is 3.72. The molecule has 0 saturated carbocycles. The summed E-state index contributed by atoms with van der Waals surface area (Å²) in [6.45, 7) is 4.64. The first-order chi connectivity index (χ1) is 19.5. The number of terminal acetylenes is 1. The second kappa shape index (κ2) is 10.5. The number of halogens is 1. The molecular weight excluding hydrogens is 509 g/mol. The Hall–Kier alpha value is -4.67. The molecule has 4 aromatic heterocycles. The van der Waals surface area contributed by atoms with Gasteiger partial charge in [0.2, 0.25) is 5.88 Å². The van der Waals surface area contributed by atoms with Crippen LogP contribution in [0.15, 0.2) is 49.1 Å². The molecule has 3 aliphatic heterocycles. The monoisotopic (exact) mass is 537 g/mol. The van der Waals surface area contributed by atoms with Gasteiger partial charge < -0.3 is 14.4 Å². The lowest BCUT2D eigenvalue weighted by Crippen LogP contribution is -2.68. The molecule has 0 radical (unpaired) electrons. The number of ether oxygens (including phenoxy) is 2. The summed E-state index contributed by atoms with van der Waals surface area (Å²) in [5, 5.41) is 14.0. The highest BCUT2D eigenvalue weighted by Gasteiger charge is 2.44. The van der Waals surface area contributed by atoms with E-state index in [1.54, 1.807) is 23.1 Å². The third-order valence-corrected chi connectivity index (χ3v) is 7.64. The molecule has 3 saturated heterocycles. The molecule has 0 spiro atoms. The number of piperazine rings is 1. The molecule has 7 heterocycles. The van der Waals surface area contributed by atoms with Crippen molar-refractivity contribution in [3.63, 3.8) is 0 Å². The zero-order valence-corrected chi connectivity index (χ0v) is 22.3. The fourth-order valence-corrected chi connectivity index (χ4v) is 5.52. The van der Waals surface area contributed by atoms with Gasteiger partial charge in [0.15, 0.2) is 5.82 Å². The predicted molar refractivity (Wildman–Crippen MR) is 147 cm³/mol. The van der Waals surface area contributed by atoms with Crippen molar-refractivity contribution in [3.05, 3.63) is 66.0 Å². The van der Waals surface area contributed by atoms with Crippen molar-refractivity contribution >= 4 is 11.3 Å². The van der Waals surface area contributed by atoms with E-state index in [1.807, 2.05) is 31.3 Å². The van der Waals surface area contributed by atoms with Gasteiger partial charge in [0.1, 0.15) is 24.2 Å². The Bertz CT molecular complexity index is 1630. The first-order valence-corrected chi connectivity index (χ1v) is 13.1. The fourth-order valence-electron chi connectivity index (χ4n) is 5.52. The highest BCUT2D eigenvalue weighted by Crippen LogP contribution is 2.37. The number of hydrogen-bond acceptors (Lipinski definition) is 8. The molecular formula is C30H28FN7O2. The van der Waals surface area contributed by atoms with E-state index in [1.165, 1.54) is 13.2 Å². The molecule has 3 unspecified atom stereocenters. The average Bonchev–Trinajstić information content (AvgIpc) is 3.41. The molecule has 4 aromatic rings. The zero-order chi connectivity index (χ0) is 27.8. The number of rotatable bonds is 8. The van der Waals surface area contributed by atoms with Gasteiger partial charge >= 0.3 is 0 Å². The summed E-state index contributed by atoms with van der Waals surface area (Å²) in [5.41, 5.74) is 3.69. The van der Waals surface area contributed by atoms with E-state index >= 15 is 0 Å². The van der Waals surface area contributed by atoms with Crippen LogP contribution in [-0.2, 0) is 6.54 Å². The first-order valence-electron chi connectivity index (χ1n) is 13.1. The van der Waals surface area contributed by atoms with Crippen LogP contribution >= 0.6 is 0 Å². The van der Waals surface area contributed by atoms with Crippen LogP contribution in [0, 0.1) is 35.4 Å². The van der Waals surface area contributed by atoms with Crippen LogP contribution < -0.4 is 14.4 Å². The Labute approximate surface area is 231 Å². The van der Waals surface area contributed by atoms with Gasteiger partial charge in [0.05, 0.1) is 36.5 Å². The Morgan fingerprint density at radius 1 is 1.18 bits per heavy atom. The van der Waals surface area contributed by atoms with Crippen molar-refractivity contribution in [2.24, 2.45) is 5.92 Å². The van der Waals surface area contributed by atoms with Crippen molar-refractivity contribution < 1.29 is 13.9 Å². The van der Waals surface area contributed by atoms with Crippen LogP contribution in [0.3, 0.4) is 0 Å².